The zero-order valence-electron chi connectivity index (χ0n) is 16.9. The second-order valence-corrected chi connectivity index (χ2v) is 7.88. The van der Waals surface area contributed by atoms with E-state index >= 15 is 0 Å². The van der Waals surface area contributed by atoms with Gasteiger partial charge in [-0.25, -0.2) is 14.8 Å². The summed E-state index contributed by atoms with van der Waals surface area (Å²) in [4.78, 5) is 47.3. The highest BCUT2D eigenvalue weighted by atomic mass is 79.9. The number of carbonyl (C=O) groups is 3. The molecule has 30 heavy (non-hydrogen) atoms. The van der Waals surface area contributed by atoms with Crippen molar-refractivity contribution in [1.82, 2.24) is 14.9 Å². The normalized spacial score (nSPS) is 14.3. The summed E-state index contributed by atoms with van der Waals surface area (Å²) in [5.74, 6) is -0.427. The Morgan fingerprint density at radius 3 is 2.53 bits per heavy atom. The minimum absolute atomic E-state index is 0.0929. The third-order valence-corrected chi connectivity index (χ3v) is 5.40. The number of piperidine rings is 1. The van der Waals surface area contributed by atoms with Crippen molar-refractivity contribution in [3.63, 3.8) is 0 Å². The molecule has 2 amide bonds. The monoisotopic (exact) mass is 474 g/mol. The van der Waals surface area contributed by atoms with Crippen LogP contribution >= 0.6 is 15.9 Å². The van der Waals surface area contributed by atoms with E-state index in [1.807, 2.05) is 6.07 Å². The summed E-state index contributed by atoms with van der Waals surface area (Å²) in [6, 6.07) is 6.65. The maximum Gasteiger partial charge on any atom is 0.339 e. The van der Waals surface area contributed by atoms with Crippen molar-refractivity contribution < 1.29 is 19.1 Å². The number of aryl methyl sites for hydroxylation is 1. The first-order chi connectivity index (χ1) is 14.4. The number of nitrogens with one attached hydrogen (secondary N) is 1. The van der Waals surface area contributed by atoms with Crippen molar-refractivity contribution in [3.05, 3.63) is 51.9 Å². The Balaban J connectivity index is 1.57. The third kappa shape index (κ3) is 5.21. The van der Waals surface area contributed by atoms with E-state index in [0.29, 0.717) is 43.0 Å². The number of likely N-dealkylation sites (tertiary alicyclic amines) is 1. The van der Waals surface area contributed by atoms with E-state index in [4.69, 9.17) is 4.74 Å². The third-order valence-electron chi connectivity index (χ3n) is 4.93. The van der Waals surface area contributed by atoms with E-state index in [0.717, 1.165) is 4.47 Å². The molecular weight excluding hydrogens is 452 g/mol. The second kappa shape index (κ2) is 9.80. The van der Waals surface area contributed by atoms with Gasteiger partial charge < -0.3 is 15.0 Å². The predicted molar refractivity (Wildman–Crippen MR) is 114 cm³/mol. The lowest BCUT2D eigenvalue weighted by molar-refractivity contribution is -0.121. The Morgan fingerprint density at radius 2 is 1.93 bits per heavy atom. The average Bonchev–Trinajstić information content (AvgIpc) is 2.75. The van der Waals surface area contributed by atoms with Crippen LogP contribution in [0.3, 0.4) is 0 Å². The van der Waals surface area contributed by atoms with Gasteiger partial charge in [0.2, 0.25) is 5.91 Å². The maximum absolute atomic E-state index is 12.8. The molecule has 0 radical (unpaired) electrons. The number of hydrogen-bond donors (Lipinski definition) is 1. The number of hydrogen-bond acceptors (Lipinski definition) is 6. The van der Waals surface area contributed by atoms with Crippen LogP contribution in [0.1, 0.15) is 46.3 Å². The van der Waals surface area contributed by atoms with Gasteiger partial charge in [-0.1, -0.05) is 0 Å². The summed E-state index contributed by atoms with van der Waals surface area (Å²) in [5, 5.41) is 2.82. The zero-order valence-corrected chi connectivity index (χ0v) is 18.4. The van der Waals surface area contributed by atoms with E-state index in [-0.39, 0.29) is 30.0 Å². The van der Waals surface area contributed by atoms with Crippen molar-refractivity contribution in [3.8, 4) is 0 Å². The SMILES string of the molecule is CCOC(=O)c1ccc(C(=O)N2CCC(C(=O)Nc3ccc(Br)cn3)CC2)nc1C. The van der Waals surface area contributed by atoms with Gasteiger partial charge in [-0.3, -0.25) is 9.59 Å². The van der Waals surface area contributed by atoms with Crippen LogP contribution in [0.4, 0.5) is 5.82 Å². The molecule has 1 N–H and O–H groups in total. The minimum atomic E-state index is -0.450. The van der Waals surface area contributed by atoms with Gasteiger partial charge in [-0.2, -0.15) is 0 Å². The van der Waals surface area contributed by atoms with Gasteiger partial charge in [-0.15, -0.1) is 0 Å². The number of carbonyl (C=O) groups excluding carboxylic acids is 3. The Morgan fingerprint density at radius 1 is 1.20 bits per heavy atom. The molecular formula is C21H23BrN4O4. The number of ether oxygens (including phenoxy) is 1. The Labute approximate surface area is 183 Å². The first kappa shape index (κ1) is 21.9. The molecule has 1 aliphatic rings. The molecule has 2 aromatic rings. The van der Waals surface area contributed by atoms with Crippen molar-refractivity contribution in [2.75, 3.05) is 25.0 Å². The molecule has 3 rings (SSSR count). The van der Waals surface area contributed by atoms with Gasteiger partial charge in [0.25, 0.3) is 5.91 Å². The van der Waals surface area contributed by atoms with E-state index in [1.165, 1.54) is 0 Å². The number of amides is 2. The first-order valence-electron chi connectivity index (χ1n) is 9.75. The molecule has 158 valence electrons. The fourth-order valence-electron chi connectivity index (χ4n) is 3.29. The molecule has 0 unspecified atom stereocenters. The molecule has 8 nitrogen and oxygen atoms in total. The molecule has 0 atom stereocenters. The molecule has 9 heteroatoms. The summed E-state index contributed by atoms with van der Waals surface area (Å²) in [6.45, 7) is 4.61. The number of anilines is 1. The number of esters is 1. The van der Waals surface area contributed by atoms with Gasteiger partial charge in [-0.05, 0) is 66.9 Å². The highest BCUT2D eigenvalue weighted by Crippen LogP contribution is 2.21. The van der Waals surface area contributed by atoms with E-state index in [2.05, 4.69) is 31.2 Å². The number of halogens is 1. The van der Waals surface area contributed by atoms with Crippen LogP contribution in [-0.2, 0) is 9.53 Å². The summed E-state index contributed by atoms with van der Waals surface area (Å²) < 4.78 is 5.83. The predicted octanol–water partition coefficient (Wildman–Crippen LogP) is 3.22. The topological polar surface area (TPSA) is 101 Å². The summed E-state index contributed by atoms with van der Waals surface area (Å²) in [5.41, 5.74) is 1.09. The Kier molecular flexibility index (Phi) is 7.15. The van der Waals surface area contributed by atoms with E-state index < -0.39 is 5.97 Å². The number of pyridine rings is 2. The van der Waals surface area contributed by atoms with Crippen molar-refractivity contribution in [2.24, 2.45) is 5.92 Å². The molecule has 0 spiro atoms. The molecule has 0 aromatic carbocycles. The molecule has 1 fully saturated rings. The standard InChI is InChI=1S/C21H23BrN4O4/c1-3-30-21(29)16-5-6-17(24-13(16)2)20(28)26-10-8-14(9-11-26)19(27)25-18-7-4-15(22)12-23-18/h4-7,12,14H,3,8-11H2,1-2H3,(H,23,25,27). The fraction of sp³-hybridized carbons (Fsp3) is 0.381. The van der Waals surface area contributed by atoms with E-state index in [1.54, 1.807) is 43.1 Å². The van der Waals surface area contributed by atoms with Crippen molar-refractivity contribution in [1.29, 1.82) is 0 Å². The molecule has 0 saturated carbocycles. The molecule has 1 aliphatic heterocycles. The first-order valence-corrected chi connectivity index (χ1v) is 10.5. The summed E-state index contributed by atoms with van der Waals surface area (Å²) >= 11 is 3.31. The van der Waals surface area contributed by atoms with Crippen LogP contribution in [-0.4, -0.2) is 52.3 Å². The minimum Gasteiger partial charge on any atom is -0.462 e. The number of nitrogens with zero attached hydrogens (tertiary/aromatic N) is 3. The molecule has 3 heterocycles. The summed E-state index contributed by atoms with van der Waals surface area (Å²) in [7, 11) is 0. The van der Waals surface area contributed by atoms with Crippen molar-refractivity contribution in [2.45, 2.75) is 26.7 Å². The Bertz CT molecular complexity index is 941. The number of aromatic nitrogens is 2. The van der Waals surface area contributed by atoms with Gasteiger partial charge in [0.15, 0.2) is 0 Å². The van der Waals surface area contributed by atoms with Gasteiger partial charge in [0.1, 0.15) is 11.5 Å². The zero-order chi connectivity index (χ0) is 21.7. The smallest absolute Gasteiger partial charge is 0.339 e. The lowest BCUT2D eigenvalue weighted by atomic mass is 9.95. The average molecular weight is 475 g/mol. The maximum atomic E-state index is 12.8. The van der Waals surface area contributed by atoms with Gasteiger partial charge in [0.05, 0.1) is 17.9 Å². The molecule has 2 aromatic heterocycles. The van der Waals surface area contributed by atoms with Crippen LogP contribution in [0, 0.1) is 12.8 Å². The lowest BCUT2D eigenvalue weighted by Gasteiger charge is -2.31. The highest BCUT2D eigenvalue weighted by Gasteiger charge is 2.29. The summed E-state index contributed by atoms with van der Waals surface area (Å²) in [6.07, 6.45) is 2.75. The van der Waals surface area contributed by atoms with Crippen molar-refractivity contribution >= 4 is 39.5 Å². The van der Waals surface area contributed by atoms with Gasteiger partial charge >= 0.3 is 5.97 Å². The number of rotatable bonds is 5. The van der Waals surface area contributed by atoms with Crippen LogP contribution in [0.15, 0.2) is 34.9 Å². The van der Waals surface area contributed by atoms with Gasteiger partial charge in [0, 0.05) is 29.7 Å². The molecule has 1 saturated heterocycles. The van der Waals surface area contributed by atoms with Crippen LogP contribution < -0.4 is 5.32 Å². The molecule has 0 bridgehead atoms. The van der Waals surface area contributed by atoms with E-state index in [9.17, 15) is 14.4 Å². The second-order valence-electron chi connectivity index (χ2n) is 6.97. The van der Waals surface area contributed by atoms with Crippen LogP contribution in [0.25, 0.3) is 0 Å². The fourth-order valence-corrected chi connectivity index (χ4v) is 3.52. The highest BCUT2D eigenvalue weighted by molar-refractivity contribution is 9.10. The Hall–Kier alpha value is -2.81. The van der Waals surface area contributed by atoms with Crippen LogP contribution in [0.5, 0.6) is 0 Å². The largest absolute Gasteiger partial charge is 0.462 e. The quantitative estimate of drug-likeness (QED) is 0.667. The lowest BCUT2D eigenvalue weighted by Crippen LogP contribution is -2.41. The molecule has 0 aliphatic carbocycles. The van der Waals surface area contributed by atoms with Crippen LogP contribution in [0.2, 0.25) is 0 Å².